The third-order valence-electron chi connectivity index (χ3n) is 3.82. The van der Waals surface area contributed by atoms with Gasteiger partial charge in [0.2, 0.25) is 0 Å². The molecular formula is C17H27NSi. The van der Waals surface area contributed by atoms with E-state index >= 15 is 0 Å². The van der Waals surface area contributed by atoms with Gasteiger partial charge < -0.3 is 5.32 Å². The van der Waals surface area contributed by atoms with Crippen LogP contribution in [-0.2, 0) is 6.54 Å². The zero-order valence-corrected chi connectivity index (χ0v) is 13.5. The number of rotatable bonds is 5. The van der Waals surface area contributed by atoms with Crippen LogP contribution in [0.4, 0.5) is 0 Å². The lowest BCUT2D eigenvalue weighted by Gasteiger charge is -2.19. The lowest BCUT2D eigenvalue weighted by Crippen LogP contribution is -2.31. The van der Waals surface area contributed by atoms with Crippen LogP contribution in [0.25, 0.3) is 0 Å². The molecule has 1 saturated carbocycles. The number of nitrogens with one attached hydrogen (secondary N) is 1. The zero-order valence-electron chi connectivity index (χ0n) is 12.5. The minimum absolute atomic E-state index is 0.674. The Balaban J connectivity index is 1.87. The van der Waals surface area contributed by atoms with Gasteiger partial charge in [0.1, 0.15) is 0 Å². The van der Waals surface area contributed by atoms with E-state index in [2.05, 4.69) is 67.1 Å². The van der Waals surface area contributed by atoms with Crippen molar-refractivity contribution in [3.8, 4) is 0 Å². The first-order chi connectivity index (χ1) is 9.04. The first-order valence-corrected chi connectivity index (χ1v) is 11.1. The van der Waals surface area contributed by atoms with Crippen molar-refractivity contribution in [1.29, 1.82) is 0 Å². The predicted molar refractivity (Wildman–Crippen MR) is 86.9 cm³/mol. The van der Waals surface area contributed by atoms with Gasteiger partial charge in [0, 0.05) is 12.6 Å². The highest BCUT2D eigenvalue weighted by molar-refractivity contribution is 6.80. The Hall–Kier alpha value is -0.863. The van der Waals surface area contributed by atoms with Gasteiger partial charge >= 0.3 is 0 Å². The fourth-order valence-corrected chi connectivity index (χ4v) is 3.55. The minimum Gasteiger partial charge on any atom is -0.309 e. The van der Waals surface area contributed by atoms with Gasteiger partial charge in [0.25, 0.3) is 0 Å². The van der Waals surface area contributed by atoms with Crippen LogP contribution in [0.2, 0.25) is 19.6 Å². The predicted octanol–water partition coefficient (Wildman–Crippen LogP) is 4.38. The quantitative estimate of drug-likeness (QED) is 0.785. The van der Waals surface area contributed by atoms with Gasteiger partial charge in [-0.15, -0.1) is 0 Å². The lowest BCUT2D eigenvalue weighted by molar-refractivity contribution is 0.458. The molecule has 0 radical (unpaired) electrons. The molecular weight excluding hydrogens is 246 g/mol. The maximum Gasteiger partial charge on any atom is 0.0683 e. The summed E-state index contributed by atoms with van der Waals surface area (Å²) in [6.45, 7) is 8.23. The fourth-order valence-electron chi connectivity index (χ4n) is 2.73. The summed E-state index contributed by atoms with van der Waals surface area (Å²) in [7, 11) is -1.05. The average molecular weight is 273 g/mol. The number of benzene rings is 1. The molecule has 2 atom stereocenters. The molecule has 0 heterocycles. The Morgan fingerprint density at radius 1 is 1.16 bits per heavy atom. The summed E-state index contributed by atoms with van der Waals surface area (Å²) in [5.41, 5.74) is 3.91. The molecule has 2 unspecified atom stereocenters. The monoisotopic (exact) mass is 273 g/mol. The summed E-state index contributed by atoms with van der Waals surface area (Å²) in [4.78, 5) is 0. The largest absolute Gasteiger partial charge is 0.309 e. The highest BCUT2D eigenvalue weighted by atomic mass is 28.3. The molecule has 2 heteroatoms. The van der Waals surface area contributed by atoms with Crippen molar-refractivity contribution < 1.29 is 0 Å². The average Bonchev–Trinajstić information content (AvgIpc) is 2.82. The van der Waals surface area contributed by atoms with E-state index in [4.69, 9.17) is 0 Å². The van der Waals surface area contributed by atoms with E-state index < -0.39 is 8.07 Å². The third kappa shape index (κ3) is 4.96. The molecule has 1 fully saturated rings. The van der Waals surface area contributed by atoms with Gasteiger partial charge in [-0.25, -0.2) is 0 Å². The fraction of sp³-hybridized carbons (Fsp3) is 0.529. The summed E-state index contributed by atoms with van der Waals surface area (Å²) >= 11 is 0. The molecule has 1 N–H and O–H groups in total. The maximum absolute atomic E-state index is 3.75. The number of hydrogen-bond donors (Lipinski definition) is 1. The number of hydrogen-bond acceptors (Lipinski definition) is 1. The van der Waals surface area contributed by atoms with Crippen LogP contribution in [0.15, 0.2) is 42.1 Å². The Morgan fingerprint density at radius 3 is 2.58 bits per heavy atom. The standard InChI is InChI=1S/C17H27NSi/c1-19(2,3)13-12-16-10-7-11-17(16)18-14-15-8-5-4-6-9-15/h4-6,8-9,12-13,16-18H,7,10-11,14H2,1-3H3. The van der Waals surface area contributed by atoms with Crippen molar-refractivity contribution in [2.75, 3.05) is 0 Å². The van der Waals surface area contributed by atoms with Crippen LogP contribution >= 0.6 is 0 Å². The summed E-state index contributed by atoms with van der Waals surface area (Å²) in [6, 6.07) is 11.4. The second-order valence-corrected chi connectivity index (χ2v) is 11.9. The molecule has 0 spiro atoms. The Kier molecular flexibility index (Phi) is 5.00. The van der Waals surface area contributed by atoms with Crippen molar-refractivity contribution in [2.24, 2.45) is 5.92 Å². The van der Waals surface area contributed by atoms with Gasteiger partial charge in [-0.1, -0.05) is 68.2 Å². The van der Waals surface area contributed by atoms with Crippen molar-refractivity contribution >= 4 is 8.07 Å². The first kappa shape index (κ1) is 14.5. The third-order valence-corrected chi connectivity index (χ3v) is 5.02. The van der Waals surface area contributed by atoms with E-state index in [1.165, 1.54) is 24.8 Å². The van der Waals surface area contributed by atoms with E-state index in [0.717, 1.165) is 12.5 Å². The smallest absolute Gasteiger partial charge is 0.0683 e. The Labute approximate surface area is 119 Å². The molecule has 0 aromatic heterocycles. The van der Waals surface area contributed by atoms with E-state index in [1.807, 2.05) is 0 Å². The summed E-state index contributed by atoms with van der Waals surface area (Å²) in [5, 5.41) is 3.75. The zero-order chi connectivity index (χ0) is 13.7. The highest BCUT2D eigenvalue weighted by Gasteiger charge is 2.25. The first-order valence-electron chi connectivity index (χ1n) is 7.51. The minimum atomic E-state index is -1.05. The molecule has 104 valence electrons. The van der Waals surface area contributed by atoms with E-state index in [1.54, 1.807) is 0 Å². The Bertz CT molecular complexity index is 405. The normalized spacial score (nSPS) is 24.2. The molecule has 1 aliphatic rings. The summed E-state index contributed by atoms with van der Waals surface area (Å²) in [6.07, 6.45) is 6.55. The van der Waals surface area contributed by atoms with Crippen molar-refractivity contribution in [1.82, 2.24) is 5.32 Å². The van der Waals surface area contributed by atoms with Gasteiger partial charge in [-0.05, 0) is 24.3 Å². The van der Waals surface area contributed by atoms with Crippen LogP contribution in [0, 0.1) is 5.92 Å². The lowest BCUT2D eigenvalue weighted by atomic mass is 10.0. The van der Waals surface area contributed by atoms with Crippen LogP contribution in [0.5, 0.6) is 0 Å². The highest BCUT2D eigenvalue weighted by Crippen LogP contribution is 2.27. The molecule has 0 saturated heterocycles. The molecule has 0 amide bonds. The second kappa shape index (κ2) is 6.53. The molecule has 0 aliphatic heterocycles. The molecule has 19 heavy (non-hydrogen) atoms. The van der Waals surface area contributed by atoms with E-state index in [9.17, 15) is 0 Å². The van der Waals surface area contributed by atoms with E-state index in [-0.39, 0.29) is 0 Å². The van der Waals surface area contributed by atoms with Crippen molar-refractivity contribution in [3.05, 3.63) is 47.7 Å². The van der Waals surface area contributed by atoms with Gasteiger partial charge in [0.05, 0.1) is 8.07 Å². The second-order valence-electron chi connectivity index (χ2n) is 6.79. The van der Waals surface area contributed by atoms with Gasteiger partial charge in [-0.3, -0.25) is 0 Å². The van der Waals surface area contributed by atoms with Crippen LogP contribution in [0.3, 0.4) is 0 Å². The molecule has 0 bridgehead atoms. The summed E-state index contributed by atoms with van der Waals surface area (Å²) < 4.78 is 0. The molecule has 1 aromatic rings. The van der Waals surface area contributed by atoms with Crippen molar-refractivity contribution in [2.45, 2.75) is 51.5 Å². The molecule has 1 aromatic carbocycles. The summed E-state index contributed by atoms with van der Waals surface area (Å²) in [5.74, 6) is 0.746. The SMILES string of the molecule is C[Si](C)(C)C=CC1CCCC1NCc1ccccc1. The van der Waals surface area contributed by atoms with E-state index in [0.29, 0.717) is 6.04 Å². The van der Waals surface area contributed by atoms with Crippen LogP contribution < -0.4 is 5.32 Å². The molecule has 2 rings (SSSR count). The van der Waals surface area contributed by atoms with Crippen LogP contribution in [0.1, 0.15) is 24.8 Å². The van der Waals surface area contributed by atoms with Gasteiger partial charge in [-0.2, -0.15) is 0 Å². The Morgan fingerprint density at radius 2 is 1.89 bits per heavy atom. The topological polar surface area (TPSA) is 12.0 Å². The van der Waals surface area contributed by atoms with Crippen LogP contribution in [-0.4, -0.2) is 14.1 Å². The molecule has 1 nitrogen and oxygen atoms in total. The maximum atomic E-state index is 3.75. The van der Waals surface area contributed by atoms with Crippen molar-refractivity contribution in [3.63, 3.8) is 0 Å². The molecule has 1 aliphatic carbocycles. The van der Waals surface area contributed by atoms with Gasteiger partial charge in [0.15, 0.2) is 0 Å².